The van der Waals surface area contributed by atoms with Gasteiger partial charge in [0, 0.05) is 19.2 Å². The van der Waals surface area contributed by atoms with E-state index >= 15 is 0 Å². The predicted octanol–water partition coefficient (Wildman–Crippen LogP) is 4.28. The van der Waals surface area contributed by atoms with Crippen LogP contribution in [0.2, 0.25) is 0 Å². The van der Waals surface area contributed by atoms with Gasteiger partial charge in [0.05, 0.1) is 19.8 Å². The van der Waals surface area contributed by atoms with E-state index in [9.17, 15) is 4.79 Å². The fraction of sp³-hybridized carbons (Fsp3) is 0.261. The topological polar surface area (TPSA) is 72.3 Å². The molecule has 0 bridgehead atoms. The Morgan fingerprint density at radius 1 is 1.33 bits per heavy atom. The number of thioether (sulfide) groups is 1. The maximum absolute atomic E-state index is 12.8. The number of hydrogen-bond donors (Lipinski definition) is 1. The van der Waals surface area contributed by atoms with Gasteiger partial charge in [-0.1, -0.05) is 42.1 Å². The summed E-state index contributed by atoms with van der Waals surface area (Å²) in [5.74, 6) is 1.19. The second kappa shape index (κ2) is 7.32. The summed E-state index contributed by atoms with van der Waals surface area (Å²) in [7, 11) is 3.07. The summed E-state index contributed by atoms with van der Waals surface area (Å²) in [6.07, 6.45) is 13.7. The lowest BCUT2D eigenvalue weighted by Gasteiger charge is -2.13. The number of methoxy groups -OCH3 is 2. The first kappa shape index (κ1) is 18.9. The van der Waals surface area contributed by atoms with Crippen LogP contribution in [0.3, 0.4) is 0 Å². The number of benzene rings is 1. The first-order chi connectivity index (χ1) is 14.6. The molecule has 30 heavy (non-hydrogen) atoms. The number of allylic oxidation sites excluding steroid dienone is 4. The molecule has 2 aliphatic carbocycles. The van der Waals surface area contributed by atoms with Crippen molar-refractivity contribution in [1.82, 2.24) is 5.32 Å². The highest BCUT2D eigenvalue weighted by Gasteiger charge is 2.61. The highest BCUT2D eigenvalue weighted by Crippen LogP contribution is 2.57. The van der Waals surface area contributed by atoms with E-state index in [1.54, 1.807) is 37.1 Å². The molecule has 1 N–H and O–H groups in total. The predicted molar refractivity (Wildman–Crippen MR) is 121 cm³/mol. The lowest BCUT2D eigenvalue weighted by atomic mass is 10.1. The Hall–Kier alpha value is -3.06. The van der Waals surface area contributed by atoms with Crippen molar-refractivity contribution in [2.45, 2.75) is 18.4 Å². The minimum absolute atomic E-state index is 0. The fourth-order valence-corrected chi connectivity index (χ4v) is 5.18. The smallest absolute Gasteiger partial charge is 0.259 e. The van der Waals surface area contributed by atoms with E-state index in [0.29, 0.717) is 29.4 Å². The van der Waals surface area contributed by atoms with Gasteiger partial charge in [0.1, 0.15) is 15.6 Å². The quantitative estimate of drug-likeness (QED) is 0.770. The summed E-state index contributed by atoms with van der Waals surface area (Å²) in [4.78, 5) is 22.4. The summed E-state index contributed by atoms with van der Waals surface area (Å²) in [6, 6.07) is 5.25. The summed E-state index contributed by atoms with van der Waals surface area (Å²) < 4.78 is 10.7. The molecule has 0 radical (unpaired) electrons. The minimum atomic E-state index is -0.246. The van der Waals surface area contributed by atoms with Crippen LogP contribution in [0, 0.1) is 5.92 Å². The number of hydrogen-bond acceptors (Lipinski definition) is 6. The monoisotopic (exact) mass is 421 g/mol. The van der Waals surface area contributed by atoms with Crippen LogP contribution in [0.4, 0.5) is 0 Å². The zero-order chi connectivity index (χ0) is 20.7. The molecular weight excluding hydrogens is 398 g/mol. The molecule has 1 spiro atoms. The molecule has 1 aromatic carbocycles. The van der Waals surface area contributed by atoms with E-state index < -0.39 is 0 Å². The number of nitrogens with zero attached hydrogens (tertiary/aromatic N) is 2. The average molecular weight is 422 g/mol. The number of para-hydroxylation sites is 1. The summed E-state index contributed by atoms with van der Waals surface area (Å²) in [6.45, 7) is 0. The minimum Gasteiger partial charge on any atom is -0.493 e. The molecule has 154 valence electrons. The average Bonchev–Trinajstić information content (AvgIpc) is 3.43. The van der Waals surface area contributed by atoms with Crippen LogP contribution in [0.15, 0.2) is 76.0 Å². The van der Waals surface area contributed by atoms with Crippen LogP contribution in [0.25, 0.3) is 0 Å². The number of carbonyl (C=O) groups excluding carboxylic acids is 1. The van der Waals surface area contributed by atoms with Crippen LogP contribution in [-0.2, 0) is 0 Å². The summed E-state index contributed by atoms with van der Waals surface area (Å²) in [5.41, 5.74) is 2.21. The van der Waals surface area contributed by atoms with Gasteiger partial charge >= 0.3 is 0 Å². The first-order valence-electron chi connectivity index (χ1n) is 9.77. The van der Waals surface area contributed by atoms with Crippen molar-refractivity contribution < 1.29 is 15.7 Å². The lowest BCUT2D eigenvalue weighted by molar-refractivity contribution is 0.0963. The third kappa shape index (κ3) is 3.10. The number of rotatable bonds is 5. The molecule has 1 saturated carbocycles. The zero-order valence-corrected chi connectivity index (χ0v) is 17.5. The van der Waals surface area contributed by atoms with Crippen LogP contribution in [0.5, 0.6) is 11.5 Å². The SMILES string of the molecule is COc1cccc(C(=O)NC2=CCC(C3=NC45CC4C=CN=C5S3)=CC=C2)c1OC.[HH]. The number of ether oxygens (including phenoxy) is 2. The molecule has 1 aromatic rings. The van der Waals surface area contributed by atoms with E-state index in [1.165, 1.54) is 7.11 Å². The Labute approximate surface area is 180 Å². The van der Waals surface area contributed by atoms with Gasteiger partial charge in [0.15, 0.2) is 11.5 Å². The fourth-order valence-electron chi connectivity index (χ4n) is 3.94. The molecule has 2 heterocycles. The second-order valence-corrected chi connectivity index (χ2v) is 8.42. The maximum atomic E-state index is 12.8. The van der Waals surface area contributed by atoms with Gasteiger partial charge in [0.25, 0.3) is 5.91 Å². The number of aliphatic imine (C=N–C) groups is 2. The number of nitrogens with one attached hydrogen (secondary N) is 1. The molecule has 2 aliphatic heterocycles. The van der Waals surface area contributed by atoms with Crippen molar-refractivity contribution in [3.05, 3.63) is 71.6 Å². The molecule has 4 aliphatic rings. The van der Waals surface area contributed by atoms with Gasteiger partial charge in [-0.05, 0) is 36.6 Å². The third-order valence-corrected chi connectivity index (χ3v) is 6.85. The maximum Gasteiger partial charge on any atom is 0.259 e. The van der Waals surface area contributed by atoms with Crippen molar-refractivity contribution in [3.63, 3.8) is 0 Å². The number of amides is 1. The molecule has 7 heteroatoms. The Morgan fingerprint density at radius 3 is 3.03 bits per heavy atom. The van der Waals surface area contributed by atoms with Crippen LogP contribution < -0.4 is 14.8 Å². The highest BCUT2D eigenvalue weighted by molar-refractivity contribution is 8.27. The van der Waals surface area contributed by atoms with E-state index in [2.05, 4.69) is 22.5 Å². The van der Waals surface area contributed by atoms with Crippen molar-refractivity contribution in [2.75, 3.05) is 14.2 Å². The molecule has 0 saturated heterocycles. The Balaban J connectivity index is 0.00000231. The van der Waals surface area contributed by atoms with Crippen LogP contribution in [-0.4, -0.2) is 35.8 Å². The van der Waals surface area contributed by atoms with Crippen LogP contribution >= 0.6 is 11.8 Å². The van der Waals surface area contributed by atoms with E-state index in [1.807, 2.05) is 24.4 Å². The van der Waals surface area contributed by atoms with Gasteiger partial charge in [0.2, 0.25) is 0 Å². The molecule has 2 unspecified atom stereocenters. The van der Waals surface area contributed by atoms with Gasteiger partial charge in [-0.2, -0.15) is 0 Å². The lowest BCUT2D eigenvalue weighted by Crippen LogP contribution is -2.22. The van der Waals surface area contributed by atoms with E-state index in [4.69, 9.17) is 14.5 Å². The Kier molecular flexibility index (Phi) is 4.62. The molecule has 1 amide bonds. The Bertz CT molecular complexity index is 1120. The second-order valence-electron chi connectivity index (χ2n) is 7.44. The molecular formula is C23H23N3O3S. The normalized spacial score (nSPS) is 25.7. The van der Waals surface area contributed by atoms with Crippen molar-refractivity contribution in [1.29, 1.82) is 0 Å². The van der Waals surface area contributed by atoms with Gasteiger partial charge < -0.3 is 14.8 Å². The van der Waals surface area contributed by atoms with E-state index in [-0.39, 0.29) is 12.9 Å². The highest BCUT2D eigenvalue weighted by atomic mass is 32.2. The molecule has 5 rings (SSSR count). The summed E-state index contributed by atoms with van der Waals surface area (Å²) in [5, 5.41) is 5.11. The van der Waals surface area contributed by atoms with Crippen molar-refractivity contribution >= 4 is 27.8 Å². The van der Waals surface area contributed by atoms with Gasteiger partial charge in [-0.25, -0.2) is 0 Å². The van der Waals surface area contributed by atoms with E-state index in [0.717, 1.165) is 27.8 Å². The Morgan fingerprint density at radius 2 is 2.23 bits per heavy atom. The molecule has 6 nitrogen and oxygen atoms in total. The first-order valence-corrected chi connectivity index (χ1v) is 10.6. The van der Waals surface area contributed by atoms with Crippen LogP contribution in [0.1, 0.15) is 24.6 Å². The van der Waals surface area contributed by atoms with Gasteiger partial charge in [-0.15, -0.1) is 0 Å². The van der Waals surface area contributed by atoms with Crippen molar-refractivity contribution in [3.8, 4) is 11.5 Å². The number of carbonyl (C=O) groups is 1. The molecule has 0 aromatic heterocycles. The molecule has 2 atom stereocenters. The van der Waals surface area contributed by atoms with Crippen molar-refractivity contribution in [2.24, 2.45) is 15.9 Å². The standard InChI is InChI=1S/C23H21N3O3S.H2/c1-28-18-8-4-7-17(19(18)29-2)20(27)25-16-6-3-5-14(9-10-16)21-26-23-13-15(23)11-12-24-22(23)30-21;/h3-8,10-12,15H,9,13H2,1-2H3,(H,25,27);1H. The molecule has 1 fully saturated rings. The van der Waals surface area contributed by atoms with Gasteiger partial charge in [-0.3, -0.25) is 14.8 Å². The third-order valence-electron chi connectivity index (χ3n) is 5.65. The largest absolute Gasteiger partial charge is 0.493 e. The zero-order valence-electron chi connectivity index (χ0n) is 16.7. The summed E-state index contributed by atoms with van der Waals surface area (Å²) >= 11 is 1.67.